The van der Waals surface area contributed by atoms with Crippen LogP contribution in [0.4, 0.5) is 11.5 Å². The molecule has 2 aromatic heterocycles. The molecule has 2 aromatic carbocycles. The van der Waals surface area contributed by atoms with Crippen LogP contribution in [-0.2, 0) is 0 Å². The van der Waals surface area contributed by atoms with E-state index in [4.69, 9.17) is 4.98 Å². The zero-order valence-corrected chi connectivity index (χ0v) is 16.6. The molecule has 0 unspecified atom stereocenters. The van der Waals surface area contributed by atoms with Crippen molar-refractivity contribution < 1.29 is 0 Å². The molecule has 0 atom stereocenters. The highest BCUT2D eigenvalue weighted by atomic mass is 15.2. The Hall–Kier alpha value is -3.18. The molecule has 5 heteroatoms. The van der Waals surface area contributed by atoms with Gasteiger partial charge in [0.15, 0.2) is 5.82 Å². The number of anilines is 2. The van der Waals surface area contributed by atoms with E-state index in [0.717, 1.165) is 59.7 Å². The minimum absolute atomic E-state index is 0.483. The molecule has 29 heavy (non-hydrogen) atoms. The largest absolute Gasteiger partial charge is 0.338 e. The topological polar surface area (TPSA) is 65.6 Å². The maximum Gasteiger partial charge on any atom is 0.160 e. The molecule has 0 radical (unpaired) electrons. The van der Waals surface area contributed by atoms with Gasteiger partial charge in [0, 0.05) is 28.2 Å². The van der Waals surface area contributed by atoms with Gasteiger partial charge in [0.25, 0.3) is 0 Å². The van der Waals surface area contributed by atoms with Crippen molar-refractivity contribution in [3.8, 4) is 11.3 Å². The Morgan fingerprint density at radius 1 is 0.966 bits per heavy atom. The number of aromatic amines is 1. The first-order chi connectivity index (χ1) is 14.3. The second-order valence-corrected chi connectivity index (χ2v) is 7.75. The van der Waals surface area contributed by atoms with Crippen molar-refractivity contribution in [2.24, 2.45) is 0 Å². The van der Waals surface area contributed by atoms with E-state index in [9.17, 15) is 0 Å². The lowest BCUT2D eigenvalue weighted by Gasteiger charge is -2.23. The first kappa shape index (κ1) is 17.9. The molecule has 0 spiro atoms. The molecule has 1 aliphatic heterocycles. The summed E-state index contributed by atoms with van der Waals surface area (Å²) in [7, 11) is 0. The van der Waals surface area contributed by atoms with Crippen LogP contribution in [0.25, 0.3) is 22.2 Å². The summed E-state index contributed by atoms with van der Waals surface area (Å²) in [6.45, 7) is 4.24. The zero-order chi connectivity index (χ0) is 19.6. The first-order valence-electron chi connectivity index (χ1n) is 10.3. The lowest BCUT2D eigenvalue weighted by Crippen LogP contribution is -2.27. The molecular weight excluding hydrogens is 358 g/mol. The van der Waals surface area contributed by atoms with E-state index in [1.165, 1.54) is 11.1 Å². The third-order valence-corrected chi connectivity index (χ3v) is 5.76. The number of rotatable bonds is 4. The van der Waals surface area contributed by atoms with Gasteiger partial charge in [-0.2, -0.15) is 5.10 Å². The summed E-state index contributed by atoms with van der Waals surface area (Å²) in [6.07, 6.45) is 2.24. The summed E-state index contributed by atoms with van der Waals surface area (Å²) in [5, 5.41) is 15.7. The third-order valence-electron chi connectivity index (χ3n) is 5.76. The highest BCUT2D eigenvalue weighted by molar-refractivity contribution is 5.91. The van der Waals surface area contributed by atoms with Gasteiger partial charge in [-0.05, 0) is 62.7 Å². The average molecular weight is 383 g/mol. The van der Waals surface area contributed by atoms with E-state index in [-0.39, 0.29) is 0 Å². The molecule has 1 fully saturated rings. The van der Waals surface area contributed by atoms with Crippen molar-refractivity contribution in [3.63, 3.8) is 0 Å². The van der Waals surface area contributed by atoms with Crippen LogP contribution in [0.2, 0.25) is 0 Å². The van der Waals surface area contributed by atoms with Crippen molar-refractivity contribution >= 4 is 22.4 Å². The highest BCUT2D eigenvalue weighted by Gasteiger charge is 2.19. The quantitative estimate of drug-likeness (QED) is 0.456. The molecule has 1 saturated heterocycles. The number of hydrogen-bond donors (Lipinski definition) is 3. The smallest absolute Gasteiger partial charge is 0.160 e. The second-order valence-electron chi connectivity index (χ2n) is 7.75. The number of pyridine rings is 1. The predicted molar refractivity (Wildman–Crippen MR) is 119 cm³/mol. The third kappa shape index (κ3) is 3.61. The van der Waals surface area contributed by atoms with Crippen molar-refractivity contribution in [3.05, 3.63) is 71.9 Å². The Morgan fingerprint density at radius 3 is 2.62 bits per heavy atom. The van der Waals surface area contributed by atoms with Gasteiger partial charge in [0.05, 0.1) is 11.2 Å². The molecule has 3 N–H and O–H groups in total. The van der Waals surface area contributed by atoms with Gasteiger partial charge in [-0.25, -0.2) is 0 Å². The Labute approximate surface area is 170 Å². The predicted octanol–water partition coefficient (Wildman–Crippen LogP) is 5.14. The summed E-state index contributed by atoms with van der Waals surface area (Å²) < 4.78 is 0. The molecule has 0 bridgehead atoms. The van der Waals surface area contributed by atoms with Crippen molar-refractivity contribution in [1.29, 1.82) is 0 Å². The summed E-state index contributed by atoms with van der Waals surface area (Å²) in [5.74, 6) is 1.33. The number of benzene rings is 2. The number of H-pyrrole nitrogens is 1. The van der Waals surface area contributed by atoms with Gasteiger partial charge in [0.1, 0.15) is 0 Å². The number of nitrogens with one attached hydrogen (secondary N) is 3. The summed E-state index contributed by atoms with van der Waals surface area (Å²) in [4.78, 5) is 5.08. The molecule has 0 aliphatic carbocycles. The second kappa shape index (κ2) is 7.68. The Bertz CT molecular complexity index is 1140. The van der Waals surface area contributed by atoms with Crippen molar-refractivity contribution in [2.75, 3.05) is 18.4 Å². The molecule has 4 aromatic rings. The lowest BCUT2D eigenvalue weighted by atomic mass is 9.93. The minimum Gasteiger partial charge on any atom is -0.338 e. The normalized spacial score (nSPS) is 14.9. The number of fused-ring (bicyclic) bond motifs is 1. The summed E-state index contributed by atoms with van der Waals surface area (Å²) in [5.41, 5.74) is 6.65. The minimum atomic E-state index is 0.483. The molecule has 5 nitrogen and oxygen atoms in total. The Balaban J connectivity index is 1.58. The molecule has 1 aliphatic rings. The van der Waals surface area contributed by atoms with Gasteiger partial charge in [-0.3, -0.25) is 10.1 Å². The fourth-order valence-electron chi connectivity index (χ4n) is 4.14. The number of piperidine rings is 1. The highest BCUT2D eigenvalue weighted by Crippen LogP contribution is 2.32. The van der Waals surface area contributed by atoms with E-state index < -0.39 is 0 Å². The van der Waals surface area contributed by atoms with E-state index in [2.05, 4.69) is 70.2 Å². The van der Waals surface area contributed by atoms with Gasteiger partial charge in [-0.1, -0.05) is 36.4 Å². The summed E-state index contributed by atoms with van der Waals surface area (Å²) >= 11 is 0. The van der Waals surface area contributed by atoms with Gasteiger partial charge >= 0.3 is 0 Å². The van der Waals surface area contributed by atoms with Gasteiger partial charge in [-0.15, -0.1) is 0 Å². The number of hydrogen-bond acceptors (Lipinski definition) is 4. The molecule has 146 valence electrons. The lowest BCUT2D eigenvalue weighted by molar-refractivity contribution is 0.453. The van der Waals surface area contributed by atoms with Crippen LogP contribution in [0, 0.1) is 6.92 Å². The fourth-order valence-corrected chi connectivity index (χ4v) is 4.14. The molecule has 0 amide bonds. The van der Waals surface area contributed by atoms with Gasteiger partial charge < -0.3 is 10.6 Å². The number of aromatic nitrogens is 3. The number of aryl methyl sites for hydroxylation is 1. The maximum absolute atomic E-state index is 5.08. The van der Waals surface area contributed by atoms with Crippen LogP contribution in [-0.4, -0.2) is 28.3 Å². The van der Waals surface area contributed by atoms with Crippen LogP contribution >= 0.6 is 0 Å². The zero-order valence-electron chi connectivity index (χ0n) is 16.6. The van der Waals surface area contributed by atoms with Crippen LogP contribution in [0.1, 0.15) is 30.0 Å². The molecule has 0 saturated carbocycles. The van der Waals surface area contributed by atoms with E-state index >= 15 is 0 Å². The number of nitrogens with zero attached hydrogens (tertiary/aromatic N) is 2. The van der Waals surface area contributed by atoms with Crippen molar-refractivity contribution in [1.82, 2.24) is 20.5 Å². The van der Waals surface area contributed by atoms with Crippen LogP contribution in [0.5, 0.6) is 0 Å². The molecule has 3 heterocycles. The molecular formula is C24H25N5. The van der Waals surface area contributed by atoms with Crippen LogP contribution < -0.4 is 10.6 Å². The van der Waals surface area contributed by atoms with E-state index in [1.54, 1.807) is 0 Å². The SMILES string of the molecule is Cc1ccccc1-c1cc(Nc2n[nH]c3ccccc23)cc(C2CCNCC2)n1. The van der Waals surface area contributed by atoms with E-state index in [1.807, 2.05) is 18.2 Å². The van der Waals surface area contributed by atoms with Crippen LogP contribution in [0.15, 0.2) is 60.7 Å². The van der Waals surface area contributed by atoms with Crippen LogP contribution in [0.3, 0.4) is 0 Å². The van der Waals surface area contributed by atoms with Gasteiger partial charge in [0.2, 0.25) is 0 Å². The molecule has 5 rings (SSSR count). The fraction of sp³-hybridized carbons (Fsp3) is 0.250. The Morgan fingerprint density at radius 2 is 1.76 bits per heavy atom. The average Bonchev–Trinajstić information content (AvgIpc) is 3.17. The monoisotopic (exact) mass is 383 g/mol. The number of para-hydroxylation sites is 1. The Kier molecular flexibility index (Phi) is 4.74. The van der Waals surface area contributed by atoms with E-state index in [0.29, 0.717) is 5.92 Å². The maximum atomic E-state index is 5.08. The first-order valence-corrected chi connectivity index (χ1v) is 10.3. The summed E-state index contributed by atoms with van der Waals surface area (Å²) in [6, 6.07) is 21.0. The standard InChI is InChI=1S/C24H25N5/c1-16-6-2-3-7-19(16)23-15-18(14-22(27-23)17-10-12-25-13-11-17)26-24-20-8-4-5-9-21(20)28-29-24/h2-9,14-15,17,25H,10-13H2,1H3,(H2,26,27,28,29). The van der Waals surface area contributed by atoms with Crippen molar-refractivity contribution in [2.45, 2.75) is 25.7 Å².